The number of hydrogen-bond acceptors (Lipinski definition) is 6. The smallest absolute Gasteiger partial charge is 0.163 e. The molecule has 6 heteroatoms. The van der Waals surface area contributed by atoms with Gasteiger partial charge in [0, 0.05) is 0 Å². The second kappa shape index (κ2) is 5.67. The fraction of sp³-hybridized carbons (Fsp3) is 1.00. The van der Waals surface area contributed by atoms with E-state index in [1.54, 1.807) is 23.5 Å². The van der Waals surface area contributed by atoms with Crippen molar-refractivity contribution >= 4 is 23.5 Å². The zero-order valence-electron chi connectivity index (χ0n) is 10.2. The third-order valence-corrected chi connectivity index (χ3v) is 5.97. The molecule has 2 fully saturated rings. The van der Waals surface area contributed by atoms with Crippen LogP contribution in [0, 0.1) is 0 Å². The second-order valence-electron chi connectivity index (χ2n) is 4.81. The van der Waals surface area contributed by atoms with E-state index in [-0.39, 0.29) is 4.58 Å². The van der Waals surface area contributed by atoms with Crippen LogP contribution in [0.25, 0.3) is 0 Å². The summed E-state index contributed by atoms with van der Waals surface area (Å²) in [5.74, 6) is 1.45. The Morgan fingerprint density at radius 3 is 2.35 bits per heavy atom. The lowest BCUT2D eigenvalue weighted by Crippen LogP contribution is -2.44. The zero-order chi connectivity index (χ0) is 12.5. The van der Waals surface area contributed by atoms with E-state index in [0.717, 1.165) is 11.5 Å². The van der Waals surface area contributed by atoms with E-state index in [1.807, 2.05) is 13.8 Å². The molecule has 0 amide bonds. The predicted octanol–water partition coefficient (Wildman–Crippen LogP) is 1.06. The first-order valence-corrected chi connectivity index (χ1v) is 8.00. The van der Waals surface area contributed by atoms with Gasteiger partial charge in [0.15, 0.2) is 5.79 Å². The molecule has 2 heterocycles. The molecule has 0 aromatic heterocycles. The van der Waals surface area contributed by atoms with Gasteiger partial charge in [-0.1, -0.05) is 0 Å². The molecule has 2 aliphatic rings. The Hall–Kier alpha value is 0.540. The molecular weight excluding hydrogens is 260 g/mol. The number of hydrogen-bond donors (Lipinski definition) is 2. The molecule has 2 N–H and O–H groups in total. The first kappa shape index (κ1) is 14.0. The van der Waals surface area contributed by atoms with Crippen LogP contribution in [0.15, 0.2) is 0 Å². The summed E-state index contributed by atoms with van der Waals surface area (Å²) in [6.07, 6.45) is -0.888. The van der Waals surface area contributed by atoms with Crippen LogP contribution in [0.4, 0.5) is 0 Å². The van der Waals surface area contributed by atoms with Crippen LogP contribution < -0.4 is 0 Å². The van der Waals surface area contributed by atoms with Gasteiger partial charge in [0.1, 0.15) is 18.3 Å². The summed E-state index contributed by atoms with van der Waals surface area (Å²) in [7, 11) is 0. The fourth-order valence-electron chi connectivity index (χ4n) is 1.97. The van der Waals surface area contributed by atoms with Crippen molar-refractivity contribution in [2.45, 2.75) is 48.9 Å². The third kappa shape index (κ3) is 3.52. The van der Waals surface area contributed by atoms with Crippen molar-refractivity contribution < 1.29 is 19.7 Å². The first-order valence-electron chi connectivity index (χ1n) is 5.91. The summed E-state index contributed by atoms with van der Waals surface area (Å²) in [4.78, 5) is 0. The van der Waals surface area contributed by atoms with Crippen LogP contribution in [0.5, 0.6) is 0 Å². The summed E-state index contributed by atoms with van der Waals surface area (Å²) in [5.41, 5.74) is 0. The molecule has 2 rings (SSSR count). The molecule has 0 spiro atoms. The van der Waals surface area contributed by atoms with Crippen molar-refractivity contribution in [3.63, 3.8) is 0 Å². The van der Waals surface area contributed by atoms with E-state index < -0.39 is 24.1 Å². The van der Waals surface area contributed by atoms with Crippen molar-refractivity contribution in [1.29, 1.82) is 0 Å². The molecular formula is C11H20O4S2. The molecule has 0 radical (unpaired) electrons. The van der Waals surface area contributed by atoms with E-state index in [1.165, 1.54) is 6.42 Å². The number of aliphatic hydroxyl groups excluding tert-OH is 2. The van der Waals surface area contributed by atoms with Crippen molar-refractivity contribution in [2.24, 2.45) is 0 Å². The third-order valence-electron chi connectivity index (χ3n) is 2.89. The number of ether oxygens (including phenoxy) is 2. The quantitative estimate of drug-likeness (QED) is 0.806. The molecule has 0 aromatic carbocycles. The molecule has 0 saturated carbocycles. The largest absolute Gasteiger partial charge is 0.388 e. The highest BCUT2D eigenvalue weighted by Crippen LogP contribution is 2.36. The lowest BCUT2D eigenvalue weighted by molar-refractivity contribution is -0.159. The van der Waals surface area contributed by atoms with Crippen molar-refractivity contribution in [3.8, 4) is 0 Å². The van der Waals surface area contributed by atoms with Crippen molar-refractivity contribution in [1.82, 2.24) is 0 Å². The van der Waals surface area contributed by atoms with E-state index in [9.17, 15) is 10.2 Å². The fourth-order valence-corrected chi connectivity index (χ4v) is 4.92. The first-order chi connectivity index (χ1) is 7.99. The van der Waals surface area contributed by atoms with Gasteiger partial charge in [-0.3, -0.25) is 0 Å². The predicted molar refractivity (Wildman–Crippen MR) is 70.2 cm³/mol. The maximum absolute atomic E-state index is 10.1. The number of aliphatic hydroxyl groups is 2. The molecule has 100 valence electrons. The van der Waals surface area contributed by atoms with Gasteiger partial charge in [-0.15, -0.1) is 23.5 Å². The molecule has 0 unspecified atom stereocenters. The summed E-state index contributed by atoms with van der Waals surface area (Å²) in [6.45, 7) is 3.97. The Bertz CT molecular complexity index is 256. The van der Waals surface area contributed by atoms with Crippen LogP contribution in [0.2, 0.25) is 0 Å². The van der Waals surface area contributed by atoms with E-state index in [4.69, 9.17) is 9.47 Å². The second-order valence-corrected chi connectivity index (χ2v) is 7.61. The molecule has 0 aliphatic carbocycles. The Labute approximate surface area is 110 Å². The molecule has 2 aliphatic heterocycles. The molecule has 2 saturated heterocycles. The van der Waals surface area contributed by atoms with Crippen molar-refractivity contribution in [3.05, 3.63) is 0 Å². The molecule has 4 nitrogen and oxygen atoms in total. The summed E-state index contributed by atoms with van der Waals surface area (Å²) < 4.78 is 11.0. The summed E-state index contributed by atoms with van der Waals surface area (Å²) in [6, 6.07) is 0. The van der Waals surface area contributed by atoms with Gasteiger partial charge in [-0.05, 0) is 31.8 Å². The van der Waals surface area contributed by atoms with Gasteiger partial charge in [0.2, 0.25) is 0 Å². The van der Waals surface area contributed by atoms with Crippen LogP contribution in [0.1, 0.15) is 20.3 Å². The van der Waals surface area contributed by atoms with Crippen molar-refractivity contribution in [2.75, 3.05) is 18.1 Å². The minimum absolute atomic E-state index is 0.0473. The SMILES string of the molecule is CC1(C)OC[C@H]([C@@H](O)[C@@H](O)C2SCCCS2)O1. The Morgan fingerprint density at radius 1 is 1.18 bits per heavy atom. The van der Waals surface area contributed by atoms with E-state index >= 15 is 0 Å². The number of thioether (sulfide) groups is 2. The maximum Gasteiger partial charge on any atom is 0.163 e. The van der Waals surface area contributed by atoms with Gasteiger partial charge in [-0.25, -0.2) is 0 Å². The Morgan fingerprint density at radius 2 is 1.82 bits per heavy atom. The van der Waals surface area contributed by atoms with Crippen LogP contribution in [-0.4, -0.2) is 57.0 Å². The van der Waals surface area contributed by atoms with Gasteiger partial charge in [0.05, 0.1) is 11.2 Å². The van der Waals surface area contributed by atoms with Gasteiger partial charge < -0.3 is 19.7 Å². The number of rotatable bonds is 3. The highest BCUT2D eigenvalue weighted by Gasteiger charge is 2.41. The average Bonchev–Trinajstić information content (AvgIpc) is 2.69. The topological polar surface area (TPSA) is 58.9 Å². The van der Waals surface area contributed by atoms with Gasteiger partial charge in [0.25, 0.3) is 0 Å². The Kier molecular flexibility index (Phi) is 4.66. The van der Waals surface area contributed by atoms with Crippen LogP contribution in [0.3, 0.4) is 0 Å². The standard InChI is InChI=1S/C11H20O4S2/c1-11(2)14-6-7(15-11)8(12)9(13)10-16-4-3-5-17-10/h7-10,12-13H,3-6H2,1-2H3/t7-,8-,9-/m1/s1. The average molecular weight is 280 g/mol. The van der Waals surface area contributed by atoms with Crippen LogP contribution >= 0.6 is 23.5 Å². The maximum atomic E-state index is 10.1. The van der Waals surface area contributed by atoms with Crippen LogP contribution in [-0.2, 0) is 9.47 Å². The van der Waals surface area contributed by atoms with Gasteiger partial charge in [-0.2, -0.15) is 0 Å². The normalized spacial score (nSPS) is 33.5. The lowest BCUT2D eigenvalue weighted by Gasteiger charge is -2.31. The summed E-state index contributed by atoms with van der Waals surface area (Å²) >= 11 is 3.43. The minimum atomic E-state index is -0.875. The summed E-state index contributed by atoms with van der Waals surface area (Å²) in [5, 5.41) is 20.3. The minimum Gasteiger partial charge on any atom is -0.388 e. The molecule has 0 aromatic rings. The molecule has 3 atom stereocenters. The van der Waals surface area contributed by atoms with E-state index in [2.05, 4.69) is 0 Å². The van der Waals surface area contributed by atoms with E-state index in [0.29, 0.717) is 6.61 Å². The molecule has 17 heavy (non-hydrogen) atoms. The highest BCUT2D eigenvalue weighted by atomic mass is 32.2. The lowest BCUT2D eigenvalue weighted by atomic mass is 10.1. The monoisotopic (exact) mass is 280 g/mol. The zero-order valence-corrected chi connectivity index (χ0v) is 11.8. The van der Waals surface area contributed by atoms with Gasteiger partial charge >= 0.3 is 0 Å². The highest BCUT2D eigenvalue weighted by molar-refractivity contribution is 8.17. The Balaban J connectivity index is 1.88. The molecule has 0 bridgehead atoms.